The Morgan fingerprint density at radius 3 is 2.32 bits per heavy atom. The van der Waals surface area contributed by atoms with E-state index in [1.54, 1.807) is 36.4 Å². The van der Waals surface area contributed by atoms with Gasteiger partial charge >= 0.3 is 5.97 Å². The Bertz CT molecular complexity index is 1000. The third-order valence-corrected chi connectivity index (χ3v) is 4.53. The normalized spacial score (nSPS) is 11.5. The van der Waals surface area contributed by atoms with Gasteiger partial charge < -0.3 is 30.6 Å². The number of amides is 2. The fraction of sp³-hybridized carbons (Fsp3) is 0.304. The Hall–Kier alpha value is -4.12. The Kier molecular flexibility index (Phi) is 10.3. The van der Waals surface area contributed by atoms with Gasteiger partial charge in [-0.25, -0.2) is 10.8 Å². The molecule has 2 aromatic rings. The monoisotopic (exact) mass is 471 g/mol. The second-order valence-corrected chi connectivity index (χ2v) is 6.96. The number of carbonyl (C=O) groups is 3. The summed E-state index contributed by atoms with van der Waals surface area (Å²) in [6.07, 6.45) is 1.27. The maximum absolute atomic E-state index is 12.3. The van der Waals surface area contributed by atoms with Crippen molar-refractivity contribution in [3.63, 3.8) is 0 Å². The molecule has 2 rings (SSSR count). The van der Waals surface area contributed by atoms with Gasteiger partial charge in [-0.05, 0) is 49.7 Å². The van der Waals surface area contributed by atoms with Crippen molar-refractivity contribution in [2.45, 2.75) is 19.8 Å². The summed E-state index contributed by atoms with van der Waals surface area (Å²) in [4.78, 5) is 40.5. The Morgan fingerprint density at radius 1 is 1.06 bits per heavy atom. The molecule has 0 aromatic heterocycles. The highest BCUT2D eigenvalue weighted by molar-refractivity contribution is 5.97. The molecule has 0 bridgehead atoms. The van der Waals surface area contributed by atoms with Crippen LogP contribution in [0.15, 0.2) is 47.5 Å². The number of benzene rings is 2. The van der Waals surface area contributed by atoms with Gasteiger partial charge in [-0.1, -0.05) is 6.07 Å². The number of ether oxygens (including phenoxy) is 2. The van der Waals surface area contributed by atoms with Gasteiger partial charge in [0.2, 0.25) is 5.91 Å². The second-order valence-electron chi connectivity index (χ2n) is 6.96. The zero-order chi connectivity index (χ0) is 24.9. The summed E-state index contributed by atoms with van der Waals surface area (Å²) in [6.45, 7) is 3.94. The van der Waals surface area contributed by atoms with E-state index in [9.17, 15) is 19.5 Å². The number of hydrazine groups is 1. The van der Waals surface area contributed by atoms with Crippen molar-refractivity contribution in [2.24, 2.45) is 10.8 Å². The van der Waals surface area contributed by atoms with Crippen molar-refractivity contribution >= 4 is 29.8 Å². The number of nitrogens with two attached hydrogens (primary N) is 1. The predicted octanol–water partition coefficient (Wildman–Crippen LogP) is 1.32. The van der Waals surface area contributed by atoms with Crippen molar-refractivity contribution in [1.29, 1.82) is 0 Å². The number of rotatable bonds is 13. The molecule has 6 N–H and O–H groups in total. The van der Waals surface area contributed by atoms with Gasteiger partial charge in [0.25, 0.3) is 5.91 Å². The highest BCUT2D eigenvalue weighted by Gasteiger charge is 2.22. The Morgan fingerprint density at radius 2 is 1.74 bits per heavy atom. The van der Waals surface area contributed by atoms with E-state index < -0.39 is 23.7 Å². The first-order valence-electron chi connectivity index (χ1n) is 10.6. The van der Waals surface area contributed by atoms with Crippen LogP contribution >= 0.6 is 0 Å². The average molecular weight is 472 g/mol. The standard InChI is InChI=1S/C23H29N5O6/c1-3-33-18-9-16(10-19(11-18)34-4-2)20(23(31)32)12-25-21(29)13-26-22(30)15-6-5-7-17(8-15)27-14-28-24/h5-11,14,20H,3-4,12-13,24H2,1-2H3,(H,25,29)(H,26,30)(H,27,28)(H,31,32). The largest absolute Gasteiger partial charge is 0.494 e. The van der Waals surface area contributed by atoms with Gasteiger partial charge in [-0.15, -0.1) is 0 Å². The number of aliphatic carboxylic acids is 1. The van der Waals surface area contributed by atoms with Gasteiger partial charge in [-0.2, -0.15) is 0 Å². The molecular weight excluding hydrogens is 442 g/mol. The van der Waals surface area contributed by atoms with Crippen LogP contribution in [0.5, 0.6) is 11.5 Å². The minimum absolute atomic E-state index is 0.179. The predicted molar refractivity (Wildman–Crippen MR) is 126 cm³/mol. The molecular formula is C23H29N5O6. The summed E-state index contributed by atoms with van der Waals surface area (Å²) in [5.74, 6) is 2.91. The third-order valence-electron chi connectivity index (χ3n) is 4.53. The Labute approximate surface area is 197 Å². The number of aliphatic imine (C=N–C) groups is 1. The summed E-state index contributed by atoms with van der Waals surface area (Å²) in [6, 6.07) is 11.3. The van der Waals surface area contributed by atoms with Crippen molar-refractivity contribution in [3.05, 3.63) is 53.6 Å². The lowest BCUT2D eigenvalue weighted by Crippen LogP contribution is -2.39. The number of nitrogens with one attached hydrogen (secondary N) is 3. The molecule has 2 aromatic carbocycles. The highest BCUT2D eigenvalue weighted by Crippen LogP contribution is 2.28. The van der Waals surface area contributed by atoms with E-state index in [-0.39, 0.29) is 13.1 Å². The third kappa shape index (κ3) is 8.10. The van der Waals surface area contributed by atoms with Crippen LogP contribution in [-0.4, -0.2) is 55.5 Å². The van der Waals surface area contributed by atoms with E-state index in [2.05, 4.69) is 21.1 Å². The Balaban J connectivity index is 2.00. The minimum Gasteiger partial charge on any atom is -0.494 e. The molecule has 1 atom stereocenters. The average Bonchev–Trinajstić information content (AvgIpc) is 2.81. The zero-order valence-electron chi connectivity index (χ0n) is 19.0. The molecule has 0 aliphatic carbocycles. The number of hydrogen-bond acceptors (Lipinski definition) is 7. The molecule has 0 aliphatic heterocycles. The van der Waals surface area contributed by atoms with Crippen molar-refractivity contribution in [1.82, 2.24) is 16.1 Å². The van der Waals surface area contributed by atoms with Crippen molar-refractivity contribution in [2.75, 3.05) is 26.3 Å². The van der Waals surface area contributed by atoms with Crippen LogP contribution in [-0.2, 0) is 9.59 Å². The summed E-state index contributed by atoms with van der Waals surface area (Å²) in [5.41, 5.74) is 3.50. The van der Waals surface area contributed by atoms with Crippen molar-refractivity contribution in [3.8, 4) is 11.5 Å². The summed E-state index contributed by atoms with van der Waals surface area (Å²) < 4.78 is 11.0. The smallest absolute Gasteiger partial charge is 0.312 e. The molecule has 0 saturated heterocycles. The summed E-state index contributed by atoms with van der Waals surface area (Å²) >= 11 is 0. The first-order chi connectivity index (χ1) is 16.4. The van der Waals surface area contributed by atoms with Crippen LogP contribution in [0.4, 0.5) is 5.69 Å². The van der Waals surface area contributed by atoms with E-state index in [0.717, 1.165) is 0 Å². The van der Waals surface area contributed by atoms with Gasteiger partial charge in [0.1, 0.15) is 17.8 Å². The van der Waals surface area contributed by atoms with Gasteiger partial charge in [0, 0.05) is 18.2 Å². The summed E-state index contributed by atoms with van der Waals surface area (Å²) in [7, 11) is 0. The van der Waals surface area contributed by atoms with Crippen molar-refractivity contribution < 1.29 is 29.0 Å². The molecule has 1 unspecified atom stereocenters. The van der Waals surface area contributed by atoms with E-state index in [4.69, 9.17) is 15.3 Å². The lowest BCUT2D eigenvalue weighted by molar-refractivity contribution is -0.138. The number of hydrogen-bond donors (Lipinski definition) is 5. The molecule has 0 radical (unpaired) electrons. The first kappa shape index (κ1) is 26.1. The maximum atomic E-state index is 12.3. The van der Waals surface area contributed by atoms with Gasteiger partial charge in [0.15, 0.2) is 0 Å². The number of nitrogens with zero attached hydrogens (tertiary/aromatic N) is 1. The molecule has 11 heteroatoms. The SMILES string of the molecule is CCOc1cc(OCC)cc(C(CNC(=O)CNC(=O)c2cccc(N=CNN)c2)C(=O)O)c1. The molecule has 0 saturated carbocycles. The van der Waals surface area contributed by atoms with E-state index in [1.165, 1.54) is 12.4 Å². The summed E-state index contributed by atoms with van der Waals surface area (Å²) in [5, 5.41) is 14.8. The van der Waals surface area contributed by atoms with Crippen LogP contribution in [0.2, 0.25) is 0 Å². The molecule has 0 heterocycles. The van der Waals surface area contributed by atoms with Gasteiger partial charge in [0.05, 0.1) is 31.4 Å². The van der Waals surface area contributed by atoms with Gasteiger partial charge in [-0.3, -0.25) is 14.4 Å². The van der Waals surface area contributed by atoms with Crippen LogP contribution in [0.25, 0.3) is 0 Å². The number of carboxylic acids is 1. The van der Waals surface area contributed by atoms with E-state index in [1.807, 2.05) is 13.8 Å². The minimum atomic E-state index is -1.12. The van der Waals surface area contributed by atoms with E-state index >= 15 is 0 Å². The molecule has 0 spiro atoms. The topological polar surface area (TPSA) is 164 Å². The molecule has 0 fully saturated rings. The fourth-order valence-corrected chi connectivity index (χ4v) is 3.02. The molecule has 182 valence electrons. The molecule has 0 aliphatic rings. The number of carbonyl (C=O) groups excluding carboxylic acids is 2. The quantitative estimate of drug-likeness (QED) is 0.126. The van der Waals surface area contributed by atoms with Crippen LogP contribution in [0.1, 0.15) is 35.7 Å². The van der Waals surface area contributed by atoms with Crippen LogP contribution in [0, 0.1) is 0 Å². The molecule has 11 nitrogen and oxygen atoms in total. The molecule has 34 heavy (non-hydrogen) atoms. The van der Waals surface area contributed by atoms with E-state index in [0.29, 0.717) is 41.5 Å². The lowest BCUT2D eigenvalue weighted by Gasteiger charge is -2.17. The maximum Gasteiger partial charge on any atom is 0.312 e. The lowest BCUT2D eigenvalue weighted by atomic mass is 9.98. The number of carboxylic acid groups (broad SMARTS) is 1. The highest BCUT2D eigenvalue weighted by atomic mass is 16.5. The fourth-order valence-electron chi connectivity index (χ4n) is 3.02. The zero-order valence-corrected chi connectivity index (χ0v) is 19.0. The van der Waals surface area contributed by atoms with Crippen LogP contribution in [0.3, 0.4) is 0 Å². The second kappa shape index (κ2) is 13.4. The first-order valence-corrected chi connectivity index (χ1v) is 10.6. The molecule has 2 amide bonds. The van der Waals surface area contributed by atoms with Crippen LogP contribution < -0.4 is 31.4 Å².